The summed E-state index contributed by atoms with van der Waals surface area (Å²) in [5, 5.41) is 8.61. The van der Waals surface area contributed by atoms with E-state index in [1.165, 1.54) is 28.6 Å². The second-order valence-corrected chi connectivity index (χ2v) is 8.61. The number of nitrogens with zero attached hydrogens (tertiary/aromatic N) is 2. The highest BCUT2D eigenvalue weighted by atomic mass is 32.2. The first-order chi connectivity index (χ1) is 13.9. The number of carbonyl (C=O) groups excluding carboxylic acids is 1. The Bertz CT molecular complexity index is 1000. The third kappa shape index (κ3) is 5.41. The molecule has 0 bridgehead atoms. The number of amides is 1. The van der Waals surface area contributed by atoms with Gasteiger partial charge in [0.15, 0.2) is 0 Å². The first-order valence-corrected chi connectivity index (χ1v) is 10.7. The standard InChI is InChI=1S/C20H22FN3O4S/c21-18-6-3-4-16(14-18)15-29(27,28)24-12-10-23(11-13-24)19-7-2-1-5-17(19)8-9-20(25)22-26/h1-9,14,26H,10-13,15H2,(H,22,25). The molecule has 0 saturated carbocycles. The molecule has 154 valence electrons. The zero-order valence-electron chi connectivity index (χ0n) is 15.7. The molecule has 1 amide bonds. The summed E-state index contributed by atoms with van der Waals surface area (Å²) < 4.78 is 40.1. The molecule has 0 aliphatic carbocycles. The largest absolute Gasteiger partial charge is 0.368 e. The molecule has 1 aliphatic rings. The molecule has 2 aromatic carbocycles. The van der Waals surface area contributed by atoms with Crippen molar-refractivity contribution >= 4 is 27.7 Å². The van der Waals surface area contributed by atoms with Crippen LogP contribution in [0.25, 0.3) is 6.08 Å². The van der Waals surface area contributed by atoms with Crippen molar-refractivity contribution in [2.75, 3.05) is 31.1 Å². The highest BCUT2D eigenvalue weighted by Crippen LogP contribution is 2.24. The van der Waals surface area contributed by atoms with Crippen LogP contribution in [-0.4, -0.2) is 50.0 Å². The Morgan fingerprint density at radius 1 is 1.10 bits per heavy atom. The highest BCUT2D eigenvalue weighted by molar-refractivity contribution is 7.88. The molecule has 1 aliphatic heterocycles. The van der Waals surface area contributed by atoms with Gasteiger partial charge in [-0.05, 0) is 35.4 Å². The first-order valence-electron chi connectivity index (χ1n) is 9.07. The molecular weight excluding hydrogens is 397 g/mol. The third-order valence-electron chi connectivity index (χ3n) is 4.67. The van der Waals surface area contributed by atoms with Crippen molar-refractivity contribution in [3.8, 4) is 0 Å². The minimum absolute atomic E-state index is 0.236. The summed E-state index contributed by atoms with van der Waals surface area (Å²) in [6.45, 7) is 1.60. The average Bonchev–Trinajstić information content (AvgIpc) is 2.72. The van der Waals surface area contributed by atoms with Gasteiger partial charge in [0.25, 0.3) is 5.91 Å². The van der Waals surface area contributed by atoms with E-state index in [1.807, 2.05) is 29.2 Å². The number of carbonyl (C=O) groups is 1. The van der Waals surface area contributed by atoms with Gasteiger partial charge < -0.3 is 4.90 Å². The van der Waals surface area contributed by atoms with Crippen LogP contribution < -0.4 is 10.4 Å². The minimum atomic E-state index is -3.55. The lowest BCUT2D eigenvalue weighted by molar-refractivity contribution is -0.124. The normalized spacial score (nSPS) is 15.6. The van der Waals surface area contributed by atoms with E-state index in [0.717, 1.165) is 11.3 Å². The van der Waals surface area contributed by atoms with Gasteiger partial charge >= 0.3 is 0 Å². The molecule has 1 heterocycles. The molecule has 1 saturated heterocycles. The van der Waals surface area contributed by atoms with Crippen molar-refractivity contribution in [2.24, 2.45) is 0 Å². The SMILES string of the molecule is O=C(C=Cc1ccccc1N1CCN(S(=O)(=O)Cc2cccc(F)c2)CC1)NO. The zero-order chi connectivity index (χ0) is 20.9. The number of hydroxylamine groups is 1. The number of para-hydroxylation sites is 1. The van der Waals surface area contributed by atoms with E-state index in [9.17, 15) is 17.6 Å². The highest BCUT2D eigenvalue weighted by Gasteiger charge is 2.27. The number of nitrogens with one attached hydrogen (secondary N) is 1. The molecule has 7 nitrogen and oxygen atoms in total. The van der Waals surface area contributed by atoms with Crippen molar-refractivity contribution in [2.45, 2.75) is 5.75 Å². The molecule has 0 atom stereocenters. The number of piperazine rings is 1. The van der Waals surface area contributed by atoms with E-state index in [4.69, 9.17) is 5.21 Å². The number of rotatable bonds is 6. The van der Waals surface area contributed by atoms with Crippen LogP contribution in [0.3, 0.4) is 0 Å². The number of hydrogen-bond acceptors (Lipinski definition) is 5. The fourth-order valence-electron chi connectivity index (χ4n) is 3.26. The monoisotopic (exact) mass is 419 g/mol. The number of anilines is 1. The molecular formula is C20H22FN3O4S. The average molecular weight is 419 g/mol. The van der Waals surface area contributed by atoms with Gasteiger partial charge in [0, 0.05) is 37.9 Å². The summed E-state index contributed by atoms with van der Waals surface area (Å²) in [6.07, 6.45) is 2.81. The van der Waals surface area contributed by atoms with Crippen LogP contribution in [0.5, 0.6) is 0 Å². The summed E-state index contributed by atoms with van der Waals surface area (Å²) in [7, 11) is -3.55. The number of sulfonamides is 1. The van der Waals surface area contributed by atoms with E-state index in [-0.39, 0.29) is 5.75 Å². The quantitative estimate of drug-likeness (QED) is 0.425. The number of halogens is 1. The smallest absolute Gasteiger partial charge is 0.267 e. The topological polar surface area (TPSA) is 90.0 Å². The molecule has 0 spiro atoms. The lowest BCUT2D eigenvalue weighted by Crippen LogP contribution is -2.49. The van der Waals surface area contributed by atoms with Gasteiger partial charge in [0.05, 0.1) is 5.75 Å². The summed E-state index contributed by atoms with van der Waals surface area (Å²) in [4.78, 5) is 13.3. The molecule has 1 fully saturated rings. The van der Waals surface area contributed by atoms with E-state index >= 15 is 0 Å². The lowest BCUT2D eigenvalue weighted by atomic mass is 10.1. The van der Waals surface area contributed by atoms with Crippen LogP contribution >= 0.6 is 0 Å². The molecule has 2 N–H and O–H groups in total. The van der Waals surface area contributed by atoms with Gasteiger partial charge in [-0.15, -0.1) is 0 Å². The van der Waals surface area contributed by atoms with Gasteiger partial charge in [-0.1, -0.05) is 30.3 Å². The van der Waals surface area contributed by atoms with Crippen LogP contribution in [0.15, 0.2) is 54.6 Å². The summed E-state index contributed by atoms with van der Waals surface area (Å²) >= 11 is 0. The fraction of sp³-hybridized carbons (Fsp3) is 0.250. The van der Waals surface area contributed by atoms with Crippen LogP contribution in [0, 0.1) is 5.82 Å². The molecule has 2 aromatic rings. The Hall–Kier alpha value is -2.75. The third-order valence-corrected chi connectivity index (χ3v) is 6.52. The molecule has 0 unspecified atom stereocenters. The second kappa shape index (κ2) is 9.17. The summed E-state index contributed by atoms with van der Waals surface area (Å²) in [5.74, 6) is -1.32. The van der Waals surface area contributed by atoms with Crippen molar-refractivity contribution in [1.82, 2.24) is 9.79 Å². The maximum absolute atomic E-state index is 13.3. The Balaban J connectivity index is 1.68. The van der Waals surface area contributed by atoms with Crippen molar-refractivity contribution < 1.29 is 22.8 Å². The van der Waals surface area contributed by atoms with E-state index < -0.39 is 21.7 Å². The predicted octanol–water partition coefficient (Wildman–Crippen LogP) is 2.00. The zero-order valence-corrected chi connectivity index (χ0v) is 16.5. The number of benzene rings is 2. The Morgan fingerprint density at radius 2 is 1.83 bits per heavy atom. The van der Waals surface area contributed by atoms with Crippen molar-refractivity contribution in [1.29, 1.82) is 0 Å². The molecule has 29 heavy (non-hydrogen) atoms. The van der Waals surface area contributed by atoms with Gasteiger partial charge in [-0.25, -0.2) is 18.3 Å². The Labute approximate surface area is 169 Å². The molecule has 0 aromatic heterocycles. The Morgan fingerprint density at radius 3 is 2.52 bits per heavy atom. The van der Waals surface area contributed by atoms with Gasteiger partial charge in [0.1, 0.15) is 5.82 Å². The van der Waals surface area contributed by atoms with Crippen molar-refractivity contribution in [3.05, 3.63) is 71.6 Å². The number of hydrogen-bond donors (Lipinski definition) is 2. The maximum atomic E-state index is 13.3. The van der Waals surface area contributed by atoms with Gasteiger partial charge in [-0.3, -0.25) is 10.0 Å². The Kier molecular flexibility index (Phi) is 6.63. The van der Waals surface area contributed by atoms with Crippen LogP contribution in [0.1, 0.15) is 11.1 Å². The maximum Gasteiger partial charge on any atom is 0.267 e. The summed E-state index contributed by atoms with van der Waals surface area (Å²) in [5.41, 5.74) is 3.62. The minimum Gasteiger partial charge on any atom is -0.368 e. The predicted molar refractivity (Wildman–Crippen MR) is 108 cm³/mol. The fourth-order valence-corrected chi connectivity index (χ4v) is 4.76. The molecule has 0 radical (unpaired) electrons. The van der Waals surface area contributed by atoms with E-state index in [2.05, 4.69) is 0 Å². The second-order valence-electron chi connectivity index (χ2n) is 6.64. The van der Waals surface area contributed by atoms with Crippen LogP contribution in [0.4, 0.5) is 10.1 Å². The van der Waals surface area contributed by atoms with E-state index in [1.54, 1.807) is 17.6 Å². The van der Waals surface area contributed by atoms with Crippen LogP contribution in [-0.2, 0) is 20.6 Å². The lowest BCUT2D eigenvalue weighted by Gasteiger charge is -2.36. The van der Waals surface area contributed by atoms with Gasteiger partial charge in [-0.2, -0.15) is 4.31 Å². The van der Waals surface area contributed by atoms with Crippen molar-refractivity contribution in [3.63, 3.8) is 0 Å². The molecule has 9 heteroatoms. The van der Waals surface area contributed by atoms with E-state index in [0.29, 0.717) is 31.7 Å². The van der Waals surface area contributed by atoms with Gasteiger partial charge in [0.2, 0.25) is 10.0 Å². The first kappa shape index (κ1) is 21.0. The molecule has 3 rings (SSSR count). The summed E-state index contributed by atoms with van der Waals surface area (Å²) in [6, 6.07) is 13.0. The van der Waals surface area contributed by atoms with Crippen LogP contribution in [0.2, 0.25) is 0 Å².